The molecule has 0 radical (unpaired) electrons. The molecule has 14 heteroatoms. The average molecular weight is 558 g/mol. The Kier molecular flexibility index (Phi) is 7.12. The van der Waals surface area contributed by atoms with Gasteiger partial charge in [0, 0.05) is 37.0 Å². The number of nitrogens with one attached hydrogen (secondary N) is 1. The number of amides is 3. The van der Waals surface area contributed by atoms with Gasteiger partial charge in [-0.2, -0.15) is 23.0 Å². The smallest absolute Gasteiger partial charge is 0.401 e. The quantitative estimate of drug-likeness (QED) is 0.479. The molecular formula is C23H23ClF3N5O4S. The summed E-state index contributed by atoms with van der Waals surface area (Å²) in [4.78, 5) is 41.1. The largest absolute Gasteiger partial charge is 0.469 e. The summed E-state index contributed by atoms with van der Waals surface area (Å²) in [6, 6.07) is 4.05. The Bertz CT molecular complexity index is 1360. The summed E-state index contributed by atoms with van der Waals surface area (Å²) >= 11 is 7.30. The average Bonchev–Trinajstić information content (AvgIpc) is 3.57. The van der Waals surface area contributed by atoms with Crippen molar-refractivity contribution in [3.05, 3.63) is 56.3 Å². The van der Waals surface area contributed by atoms with Gasteiger partial charge < -0.3 is 14.6 Å². The van der Waals surface area contributed by atoms with Crippen molar-refractivity contribution in [1.82, 2.24) is 19.6 Å². The van der Waals surface area contributed by atoms with E-state index in [9.17, 15) is 27.6 Å². The fourth-order valence-corrected chi connectivity index (χ4v) is 5.34. The summed E-state index contributed by atoms with van der Waals surface area (Å²) < 4.78 is 49.1. The van der Waals surface area contributed by atoms with Gasteiger partial charge in [-0.05, 0) is 32.0 Å². The van der Waals surface area contributed by atoms with Crippen molar-refractivity contribution in [1.29, 1.82) is 0 Å². The van der Waals surface area contributed by atoms with Crippen LogP contribution in [0.25, 0.3) is 0 Å². The van der Waals surface area contributed by atoms with Gasteiger partial charge in [-0.25, -0.2) is 4.79 Å². The number of likely N-dealkylation sites (tertiary alicyclic amines) is 1. The first-order valence-corrected chi connectivity index (χ1v) is 12.3. The molecule has 1 N–H and O–H groups in total. The van der Waals surface area contributed by atoms with E-state index in [2.05, 4.69) is 10.4 Å². The first kappa shape index (κ1) is 26.7. The highest BCUT2D eigenvalue weighted by Gasteiger charge is 2.58. The maximum atomic E-state index is 14.1. The highest BCUT2D eigenvalue weighted by molar-refractivity contribution is 7.16. The Morgan fingerprint density at radius 1 is 1.27 bits per heavy atom. The number of alkyl halides is 3. The van der Waals surface area contributed by atoms with Gasteiger partial charge in [-0.3, -0.25) is 14.5 Å². The Morgan fingerprint density at radius 3 is 2.51 bits per heavy atom. The van der Waals surface area contributed by atoms with E-state index in [4.69, 9.17) is 16.0 Å². The monoisotopic (exact) mass is 557 g/mol. The fraction of sp³-hybridized carbons (Fsp3) is 0.391. The molecule has 1 aliphatic heterocycles. The lowest BCUT2D eigenvalue weighted by Crippen LogP contribution is -2.42. The van der Waals surface area contributed by atoms with Crippen LogP contribution in [0.1, 0.15) is 38.2 Å². The van der Waals surface area contributed by atoms with Crippen LogP contribution in [0.2, 0.25) is 4.34 Å². The molecule has 2 atom stereocenters. The van der Waals surface area contributed by atoms with Crippen LogP contribution in [0.3, 0.4) is 0 Å². The molecule has 3 aromatic heterocycles. The van der Waals surface area contributed by atoms with E-state index in [0.717, 1.165) is 14.5 Å². The normalized spacial score (nSPS) is 17.9. The summed E-state index contributed by atoms with van der Waals surface area (Å²) in [6.07, 6.45) is -3.62. The molecule has 1 saturated heterocycles. The molecule has 9 nitrogen and oxygen atoms in total. The number of imide groups is 1. The van der Waals surface area contributed by atoms with E-state index in [0.29, 0.717) is 15.0 Å². The Labute approximate surface area is 218 Å². The lowest BCUT2D eigenvalue weighted by Gasteiger charge is -2.20. The summed E-state index contributed by atoms with van der Waals surface area (Å²) in [7, 11) is 2.69. The van der Waals surface area contributed by atoms with Crippen molar-refractivity contribution in [2.45, 2.75) is 32.5 Å². The predicted molar refractivity (Wildman–Crippen MR) is 130 cm³/mol. The van der Waals surface area contributed by atoms with Gasteiger partial charge >= 0.3 is 12.2 Å². The van der Waals surface area contributed by atoms with E-state index in [1.54, 1.807) is 19.1 Å². The number of halogens is 4. The van der Waals surface area contributed by atoms with Crippen molar-refractivity contribution in [3.8, 4) is 0 Å². The standard InChI is InChI=1S/C23H23ClF3N5O4S/c1-11-18(15-10-31(22(35)30(3)4)21(34)17(15)23(25,26)27)29-32(20(33)14-7-8-36-12(14)2)19(11)28-9-13-5-6-16(24)37-13/h5-8,15,17,28H,9-10H2,1-4H3. The van der Waals surface area contributed by atoms with Crippen LogP contribution < -0.4 is 5.32 Å². The molecule has 0 aliphatic carbocycles. The van der Waals surface area contributed by atoms with Crippen molar-refractivity contribution in [3.63, 3.8) is 0 Å². The van der Waals surface area contributed by atoms with E-state index in [-0.39, 0.29) is 29.2 Å². The van der Waals surface area contributed by atoms with Gasteiger partial charge in [0.2, 0.25) is 5.91 Å². The number of aromatic nitrogens is 2. The van der Waals surface area contributed by atoms with E-state index in [1.165, 1.54) is 44.7 Å². The first-order valence-electron chi connectivity index (χ1n) is 11.1. The zero-order valence-corrected chi connectivity index (χ0v) is 21.8. The molecular weight excluding hydrogens is 535 g/mol. The minimum absolute atomic E-state index is 0.106. The van der Waals surface area contributed by atoms with Crippen LogP contribution in [0, 0.1) is 19.8 Å². The SMILES string of the molecule is Cc1occc1C(=O)n1nc(C2CN(C(=O)N(C)C)C(=O)C2C(F)(F)F)c(C)c1NCc1ccc(Cl)s1. The molecule has 4 rings (SSSR count). The fourth-order valence-electron chi connectivity index (χ4n) is 4.32. The summed E-state index contributed by atoms with van der Waals surface area (Å²) in [5.41, 5.74) is 0.324. The van der Waals surface area contributed by atoms with Crippen LogP contribution in [0.5, 0.6) is 0 Å². The van der Waals surface area contributed by atoms with Gasteiger partial charge in [-0.15, -0.1) is 11.3 Å². The number of nitrogens with zero attached hydrogens (tertiary/aromatic N) is 4. The van der Waals surface area contributed by atoms with E-state index >= 15 is 0 Å². The van der Waals surface area contributed by atoms with Crippen molar-refractivity contribution >= 4 is 46.6 Å². The molecule has 3 amide bonds. The third-order valence-electron chi connectivity index (χ3n) is 6.13. The van der Waals surface area contributed by atoms with E-state index < -0.39 is 42.4 Å². The second kappa shape index (κ2) is 9.86. The zero-order chi connectivity index (χ0) is 27.2. The third-order valence-corrected chi connectivity index (χ3v) is 7.36. The lowest BCUT2D eigenvalue weighted by molar-refractivity contribution is -0.183. The Morgan fingerprint density at radius 2 is 1.97 bits per heavy atom. The van der Waals surface area contributed by atoms with E-state index in [1.807, 2.05) is 0 Å². The molecule has 0 spiro atoms. The number of furan rings is 1. The predicted octanol–water partition coefficient (Wildman–Crippen LogP) is 4.89. The number of thiophene rings is 1. The number of anilines is 1. The van der Waals surface area contributed by atoms with Crippen LogP contribution in [-0.4, -0.2) is 64.2 Å². The van der Waals surface area contributed by atoms with Crippen LogP contribution in [-0.2, 0) is 11.3 Å². The molecule has 0 aromatic carbocycles. The minimum atomic E-state index is -4.94. The highest BCUT2D eigenvalue weighted by Crippen LogP contribution is 2.45. The van der Waals surface area contributed by atoms with Gasteiger partial charge in [0.1, 0.15) is 17.5 Å². The second-order valence-corrected chi connectivity index (χ2v) is 10.6. The number of hydrogen-bond acceptors (Lipinski definition) is 7. The van der Waals surface area contributed by atoms with Crippen LogP contribution >= 0.6 is 22.9 Å². The highest BCUT2D eigenvalue weighted by atomic mass is 35.5. The summed E-state index contributed by atoms with van der Waals surface area (Å²) in [5.74, 6) is -5.51. The zero-order valence-electron chi connectivity index (χ0n) is 20.2. The molecule has 1 aliphatic rings. The van der Waals surface area contributed by atoms with Gasteiger partial charge in [0.05, 0.1) is 28.4 Å². The molecule has 0 bridgehead atoms. The number of hydrogen-bond donors (Lipinski definition) is 1. The first-order chi connectivity index (χ1) is 17.3. The number of aryl methyl sites for hydroxylation is 1. The molecule has 37 heavy (non-hydrogen) atoms. The van der Waals surface area contributed by atoms with Crippen molar-refractivity contribution < 1.29 is 32.0 Å². The van der Waals surface area contributed by atoms with Crippen LogP contribution in [0.15, 0.2) is 28.9 Å². The number of carbonyl (C=O) groups excluding carboxylic acids is 3. The van der Waals surface area contributed by atoms with Crippen LogP contribution in [0.4, 0.5) is 23.8 Å². The second-order valence-electron chi connectivity index (χ2n) is 8.78. The topological polar surface area (TPSA) is 101 Å². The third kappa shape index (κ3) is 4.97. The molecule has 1 fully saturated rings. The lowest BCUT2D eigenvalue weighted by atomic mass is 9.90. The minimum Gasteiger partial charge on any atom is -0.469 e. The number of rotatable bonds is 5. The molecule has 198 valence electrons. The summed E-state index contributed by atoms with van der Waals surface area (Å²) in [6.45, 7) is 2.78. The molecule has 0 saturated carbocycles. The Balaban J connectivity index is 1.80. The summed E-state index contributed by atoms with van der Waals surface area (Å²) in [5, 5.41) is 7.36. The molecule has 4 heterocycles. The van der Waals surface area contributed by atoms with Gasteiger partial charge in [-0.1, -0.05) is 11.6 Å². The maximum Gasteiger partial charge on any atom is 0.401 e. The number of carbonyl (C=O) groups is 3. The van der Waals surface area contributed by atoms with Gasteiger partial charge in [0.15, 0.2) is 0 Å². The number of urea groups is 1. The van der Waals surface area contributed by atoms with Crippen molar-refractivity contribution in [2.24, 2.45) is 5.92 Å². The molecule has 2 unspecified atom stereocenters. The van der Waals surface area contributed by atoms with Crippen molar-refractivity contribution in [2.75, 3.05) is 26.0 Å². The Hall–Kier alpha value is -3.32. The molecule has 3 aromatic rings. The maximum absolute atomic E-state index is 14.1. The van der Waals surface area contributed by atoms with Gasteiger partial charge in [0.25, 0.3) is 5.91 Å².